The lowest BCUT2D eigenvalue weighted by molar-refractivity contribution is -0.0506. The normalized spacial score (nSPS) is 16.8. The molecule has 0 aliphatic heterocycles. The summed E-state index contributed by atoms with van der Waals surface area (Å²) in [5.41, 5.74) is -0.816. The minimum absolute atomic E-state index is 0.153. The van der Waals surface area contributed by atoms with Gasteiger partial charge in [0.05, 0.1) is 12.2 Å². The Morgan fingerprint density at radius 2 is 2.06 bits per heavy atom. The molecule has 2 atom stereocenters. The number of halogens is 1. The van der Waals surface area contributed by atoms with Crippen LogP contribution in [-0.4, -0.2) is 18.8 Å². The first-order valence-electron chi connectivity index (χ1n) is 5.52. The molecular formula is C13H19FO2. The first-order valence-corrected chi connectivity index (χ1v) is 5.52. The molecule has 1 aromatic carbocycles. The van der Waals surface area contributed by atoms with Crippen molar-refractivity contribution in [3.8, 4) is 0 Å². The van der Waals surface area contributed by atoms with Crippen LogP contribution in [0, 0.1) is 11.7 Å². The third-order valence-electron chi connectivity index (χ3n) is 3.11. The number of hydrogen-bond donors (Lipinski definition) is 1. The fourth-order valence-electron chi connectivity index (χ4n) is 2.00. The molecule has 1 rings (SSSR count). The zero-order valence-corrected chi connectivity index (χ0v) is 10.0. The highest BCUT2D eigenvalue weighted by molar-refractivity contribution is 5.25. The van der Waals surface area contributed by atoms with Gasteiger partial charge in [0.25, 0.3) is 0 Å². The van der Waals surface area contributed by atoms with Gasteiger partial charge in [-0.1, -0.05) is 32.0 Å². The smallest absolute Gasteiger partial charge is 0.129 e. The largest absolute Gasteiger partial charge is 0.385 e. The third-order valence-corrected chi connectivity index (χ3v) is 3.11. The molecule has 0 saturated heterocycles. The minimum Gasteiger partial charge on any atom is -0.385 e. The Balaban J connectivity index is 3.09. The van der Waals surface area contributed by atoms with Gasteiger partial charge in [-0.05, 0) is 12.5 Å². The van der Waals surface area contributed by atoms with E-state index in [0.29, 0.717) is 18.6 Å². The molecule has 0 saturated carbocycles. The first kappa shape index (κ1) is 13.1. The lowest BCUT2D eigenvalue weighted by atomic mass is 9.80. The molecule has 0 radical (unpaired) electrons. The molecule has 0 aliphatic rings. The summed E-state index contributed by atoms with van der Waals surface area (Å²) in [7, 11) is 1.58. The van der Waals surface area contributed by atoms with Gasteiger partial charge in [-0.25, -0.2) is 4.39 Å². The first-order chi connectivity index (χ1) is 7.56. The van der Waals surface area contributed by atoms with Crippen LogP contribution in [0.3, 0.4) is 0 Å². The maximum atomic E-state index is 13.7. The van der Waals surface area contributed by atoms with Gasteiger partial charge in [0.1, 0.15) is 5.82 Å². The summed E-state index contributed by atoms with van der Waals surface area (Å²) < 4.78 is 18.7. The quantitative estimate of drug-likeness (QED) is 0.836. The van der Waals surface area contributed by atoms with Gasteiger partial charge in [-0.2, -0.15) is 0 Å². The molecule has 0 aliphatic carbocycles. The van der Waals surface area contributed by atoms with Crippen molar-refractivity contribution in [3.63, 3.8) is 0 Å². The average molecular weight is 226 g/mol. The minimum atomic E-state index is -1.17. The lowest BCUT2D eigenvalue weighted by Crippen LogP contribution is -2.36. The van der Waals surface area contributed by atoms with Gasteiger partial charge >= 0.3 is 0 Å². The molecule has 2 unspecified atom stereocenters. The summed E-state index contributed by atoms with van der Waals surface area (Å²) in [5.74, 6) is -0.519. The lowest BCUT2D eigenvalue weighted by Gasteiger charge is -2.33. The topological polar surface area (TPSA) is 29.5 Å². The molecule has 0 amide bonds. The zero-order valence-electron chi connectivity index (χ0n) is 10.0. The Kier molecular flexibility index (Phi) is 4.44. The molecule has 90 valence electrons. The van der Waals surface area contributed by atoms with Crippen LogP contribution in [-0.2, 0) is 10.3 Å². The van der Waals surface area contributed by atoms with Gasteiger partial charge in [0.2, 0.25) is 0 Å². The van der Waals surface area contributed by atoms with E-state index < -0.39 is 5.60 Å². The molecule has 3 heteroatoms. The Hall–Kier alpha value is -0.930. The van der Waals surface area contributed by atoms with Crippen LogP contribution in [0.15, 0.2) is 24.3 Å². The SMILES string of the molecule is CCC(O)(c1ccccc1F)C(C)COC. The van der Waals surface area contributed by atoms with E-state index in [1.165, 1.54) is 6.07 Å². The van der Waals surface area contributed by atoms with E-state index in [0.717, 1.165) is 0 Å². The van der Waals surface area contributed by atoms with Crippen molar-refractivity contribution in [2.45, 2.75) is 25.9 Å². The van der Waals surface area contributed by atoms with Gasteiger partial charge in [0.15, 0.2) is 0 Å². The second kappa shape index (κ2) is 5.41. The van der Waals surface area contributed by atoms with Crippen LogP contribution in [0.25, 0.3) is 0 Å². The second-order valence-corrected chi connectivity index (χ2v) is 4.11. The standard InChI is InChI=1S/C13H19FO2/c1-4-13(15,10(2)9-16-3)11-7-5-6-8-12(11)14/h5-8,10,15H,4,9H2,1-3H3. The van der Waals surface area contributed by atoms with Gasteiger partial charge in [-0.3, -0.25) is 0 Å². The van der Waals surface area contributed by atoms with Crippen LogP contribution in [0.2, 0.25) is 0 Å². The highest BCUT2D eigenvalue weighted by atomic mass is 19.1. The molecule has 0 aromatic heterocycles. The summed E-state index contributed by atoms with van der Waals surface area (Å²) in [6.07, 6.45) is 0.457. The predicted molar refractivity (Wildman–Crippen MR) is 61.6 cm³/mol. The molecule has 2 nitrogen and oxygen atoms in total. The van der Waals surface area contributed by atoms with Crippen LogP contribution in [0.1, 0.15) is 25.8 Å². The summed E-state index contributed by atoms with van der Waals surface area (Å²) in [4.78, 5) is 0. The van der Waals surface area contributed by atoms with E-state index in [1.54, 1.807) is 25.3 Å². The maximum absolute atomic E-state index is 13.7. The molecule has 0 bridgehead atoms. The van der Waals surface area contributed by atoms with Crippen molar-refractivity contribution in [3.05, 3.63) is 35.6 Å². The number of rotatable bonds is 5. The maximum Gasteiger partial charge on any atom is 0.129 e. The number of methoxy groups -OCH3 is 1. The Morgan fingerprint density at radius 3 is 2.56 bits per heavy atom. The molecule has 1 aromatic rings. The molecule has 16 heavy (non-hydrogen) atoms. The molecule has 0 spiro atoms. The van der Waals surface area contributed by atoms with E-state index in [2.05, 4.69) is 0 Å². The van der Waals surface area contributed by atoms with Crippen molar-refractivity contribution in [2.24, 2.45) is 5.92 Å². The molecular weight excluding hydrogens is 207 g/mol. The van der Waals surface area contributed by atoms with Gasteiger partial charge in [0, 0.05) is 18.6 Å². The number of ether oxygens (including phenoxy) is 1. The van der Waals surface area contributed by atoms with Crippen LogP contribution in [0.5, 0.6) is 0 Å². The van der Waals surface area contributed by atoms with Gasteiger partial charge < -0.3 is 9.84 Å². The molecule has 0 fully saturated rings. The Labute approximate surface area is 96.1 Å². The highest BCUT2D eigenvalue weighted by Crippen LogP contribution is 2.34. The van der Waals surface area contributed by atoms with E-state index in [4.69, 9.17) is 4.74 Å². The van der Waals surface area contributed by atoms with Crippen LogP contribution in [0.4, 0.5) is 4.39 Å². The van der Waals surface area contributed by atoms with Gasteiger partial charge in [-0.15, -0.1) is 0 Å². The predicted octanol–water partition coefficient (Wildman–Crippen LogP) is 2.71. The number of benzene rings is 1. The summed E-state index contributed by atoms with van der Waals surface area (Å²) in [6.45, 7) is 4.11. The van der Waals surface area contributed by atoms with Crippen LogP contribution >= 0.6 is 0 Å². The van der Waals surface area contributed by atoms with E-state index >= 15 is 0 Å². The molecule has 0 heterocycles. The average Bonchev–Trinajstić information content (AvgIpc) is 2.29. The van der Waals surface area contributed by atoms with E-state index in [9.17, 15) is 9.50 Å². The Morgan fingerprint density at radius 1 is 1.44 bits per heavy atom. The fraction of sp³-hybridized carbons (Fsp3) is 0.538. The Bertz CT molecular complexity index is 340. The van der Waals surface area contributed by atoms with E-state index in [1.807, 2.05) is 13.8 Å². The van der Waals surface area contributed by atoms with Crippen molar-refractivity contribution in [1.29, 1.82) is 0 Å². The van der Waals surface area contributed by atoms with Crippen LogP contribution < -0.4 is 0 Å². The number of hydrogen-bond acceptors (Lipinski definition) is 2. The zero-order chi connectivity index (χ0) is 12.2. The van der Waals surface area contributed by atoms with Crippen molar-refractivity contribution < 1.29 is 14.2 Å². The third kappa shape index (κ3) is 2.42. The van der Waals surface area contributed by atoms with Crippen molar-refractivity contribution in [2.75, 3.05) is 13.7 Å². The monoisotopic (exact) mass is 226 g/mol. The van der Waals surface area contributed by atoms with E-state index in [-0.39, 0.29) is 11.7 Å². The molecule has 1 N–H and O–H groups in total. The summed E-state index contributed by atoms with van der Waals surface area (Å²) in [5, 5.41) is 10.6. The van der Waals surface area contributed by atoms with Crippen molar-refractivity contribution in [1.82, 2.24) is 0 Å². The summed E-state index contributed by atoms with van der Waals surface area (Å²) in [6, 6.07) is 6.36. The van der Waals surface area contributed by atoms with Crippen molar-refractivity contribution >= 4 is 0 Å². The summed E-state index contributed by atoms with van der Waals surface area (Å²) >= 11 is 0. The number of aliphatic hydroxyl groups is 1. The second-order valence-electron chi connectivity index (χ2n) is 4.11. The highest BCUT2D eigenvalue weighted by Gasteiger charge is 2.35. The fourth-order valence-corrected chi connectivity index (χ4v) is 2.00.